The maximum Gasteiger partial charge on any atom is 0.251 e. The van der Waals surface area contributed by atoms with E-state index in [4.69, 9.17) is 0 Å². The van der Waals surface area contributed by atoms with Crippen molar-refractivity contribution in [3.05, 3.63) is 74.4 Å². The molecule has 1 aromatic carbocycles. The van der Waals surface area contributed by atoms with Gasteiger partial charge >= 0.3 is 0 Å². The van der Waals surface area contributed by atoms with Crippen LogP contribution in [0.25, 0.3) is 0 Å². The molecular weight excluding hydrogens is 300 g/mol. The molecule has 0 radical (unpaired) electrons. The van der Waals surface area contributed by atoms with E-state index in [-0.39, 0.29) is 5.91 Å². The van der Waals surface area contributed by atoms with Crippen LogP contribution < -0.4 is 5.32 Å². The largest absolute Gasteiger partial charge is 0.346 e. The third kappa shape index (κ3) is 3.56. The molecule has 0 aliphatic carbocycles. The van der Waals surface area contributed by atoms with Crippen LogP contribution in [-0.4, -0.2) is 10.9 Å². The first-order valence-electron chi connectivity index (χ1n) is 6.60. The van der Waals surface area contributed by atoms with Crippen LogP contribution in [0.2, 0.25) is 0 Å². The molecular formula is C16H14N2OS2. The highest BCUT2D eigenvalue weighted by atomic mass is 32.1. The molecule has 21 heavy (non-hydrogen) atoms. The maximum atomic E-state index is 12.4. The van der Waals surface area contributed by atoms with Crippen molar-refractivity contribution in [3.8, 4) is 0 Å². The van der Waals surface area contributed by atoms with Crippen molar-refractivity contribution >= 4 is 28.6 Å². The second kappa shape index (κ2) is 6.65. The monoisotopic (exact) mass is 314 g/mol. The van der Waals surface area contributed by atoms with Gasteiger partial charge in [-0.3, -0.25) is 4.79 Å². The third-order valence-electron chi connectivity index (χ3n) is 3.09. The van der Waals surface area contributed by atoms with E-state index in [0.717, 1.165) is 22.6 Å². The number of nitrogens with one attached hydrogen (secondary N) is 1. The standard InChI is InChI=1S/C16H14N2OS2/c19-16(18-11-15-17-7-9-21-15)14-6-2-1-4-12(14)10-13-5-3-8-20-13/h1-9H,10-11H2,(H,18,19). The Bertz CT molecular complexity index is 706. The Labute approximate surface area is 131 Å². The number of rotatable bonds is 5. The minimum Gasteiger partial charge on any atom is -0.346 e. The zero-order valence-electron chi connectivity index (χ0n) is 11.3. The van der Waals surface area contributed by atoms with Crippen molar-refractivity contribution in [2.45, 2.75) is 13.0 Å². The molecule has 1 N–H and O–H groups in total. The molecule has 0 atom stereocenters. The number of carbonyl (C=O) groups is 1. The van der Waals surface area contributed by atoms with Gasteiger partial charge in [0.2, 0.25) is 0 Å². The molecule has 106 valence electrons. The minimum absolute atomic E-state index is 0.0441. The van der Waals surface area contributed by atoms with E-state index in [2.05, 4.69) is 21.7 Å². The summed E-state index contributed by atoms with van der Waals surface area (Å²) < 4.78 is 0. The normalized spacial score (nSPS) is 10.5. The van der Waals surface area contributed by atoms with Crippen LogP contribution in [0.4, 0.5) is 0 Å². The lowest BCUT2D eigenvalue weighted by Gasteiger charge is -2.08. The molecule has 0 saturated heterocycles. The van der Waals surface area contributed by atoms with Crippen molar-refractivity contribution < 1.29 is 4.79 Å². The van der Waals surface area contributed by atoms with Gasteiger partial charge in [-0.25, -0.2) is 4.98 Å². The Morgan fingerprint density at radius 3 is 2.76 bits per heavy atom. The predicted octanol–water partition coefficient (Wildman–Crippen LogP) is 3.73. The molecule has 0 saturated carbocycles. The van der Waals surface area contributed by atoms with Crippen LogP contribution >= 0.6 is 22.7 Å². The summed E-state index contributed by atoms with van der Waals surface area (Å²) in [6.07, 6.45) is 2.54. The van der Waals surface area contributed by atoms with Crippen LogP contribution in [-0.2, 0) is 13.0 Å². The summed E-state index contributed by atoms with van der Waals surface area (Å²) in [6, 6.07) is 11.9. The van der Waals surface area contributed by atoms with Gasteiger partial charge in [-0.05, 0) is 23.1 Å². The van der Waals surface area contributed by atoms with Crippen molar-refractivity contribution in [3.63, 3.8) is 0 Å². The lowest BCUT2D eigenvalue weighted by Crippen LogP contribution is -2.23. The van der Waals surface area contributed by atoms with Crippen LogP contribution in [0, 0.1) is 0 Å². The number of thiazole rings is 1. The summed E-state index contributed by atoms with van der Waals surface area (Å²) >= 11 is 3.25. The topological polar surface area (TPSA) is 42.0 Å². The summed E-state index contributed by atoms with van der Waals surface area (Å²) in [7, 11) is 0. The first-order valence-corrected chi connectivity index (χ1v) is 8.36. The molecule has 3 aromatic rings. The smallest absolute Gasteiger partial charge is 0.251 e. The number of hydrogen-bond acceptors (Lipinski definition) is 4. The molecule has 0 spiro atoms. The number of carbonyl (C=O) groups excluding carboxylic acids is 1. The van der Waals surface area contributed by atoms with Gasteiger partial charge in [0.05, 0.1) is 6.54 Å². The van der Waals surface area contributed by atoms with Crippen LogP contribution in [0.15, 0.2) is 53.4 Å². The quantitative estimate of drug-likeness (QED) is 0.780. The second-order valence-corrected chi connectivity index (χ2v) is 6.53. The van der Waals surface area contributed by atoms with Gasteiger partial charge in [-0.2, -0.15) is 0 Å². The zero-order chi connectivity index (χ0) is 14.5. The molecule has 0 unspecified atom stereocenters. The molecule has 2 heterocycles. The summed E-state index contributed by atoms with van der Waals surface area (Å²) in [6.45, 7) is 0.476. The van der Waals surface area contributed by atoms with Crippen LogP contribution in [0.5, 0.6) is 0 Å². The van der Waals surface area contributed by atoms with Gasteiger partial charge in [-0.15, -0.1) is 22.7 Å². The van der Waals surface area contributed by atoms with E-state index in [1.165, 1.54) is 4.88 Å². The Morgan fingerprint density at radius 1 is 1.10 bits per heavy atom. The highest BCUT2D eigenvalue weighted by molar-refractivity contribution is 7.10. The third-order valence-corrected chi connectivity index (χ3v) is 4.75. The van der Waals surface area contributed by atoms with Crippen LogP contribution in [0.3, 0.4) is 0 Å². The number of aromatic nitrogens is 1. The fraction of sp³-hybridized carbons (Fsp3) is 0.125. The molecule has 1 amide bonds. The fourth-order valence-corrected chi connectivity index (χ4v) is 3.37. The van der Waals surface area contributed by atoms with Gasteiger partial charge in [0.1, 0.15) is 5.01 Å². The summed E-state index contributed by atoms with van der Waals surface area (Å²) in [5.74, 6) is -0.0441. The second-order valence-electron chi connectivity index (χ2n) is 4.52. The average molecular weight is 314 g/mol. The Morgan fingerprint density at radius 2 is 2.00 bits per heavy atom. The van der Waals surface area contributed by atoms with Crippen molar-refractivity contribution in [2.24, 2.45) is 0 Å². The van der Waals surface area contributed by atoms with Gasteiger partial charge in [0, 0.05) is 28.4 Å². The number of benzene rings is 1. The van der Waals surface area contributed by atoms with E-state index in [1.54, 1.807) is 28.9 Å². The number of nitrogens with zero attached hydrogens (tertiary/aromatic N) is 1. The summed E-state index contributed by atoms with van der Waals surface area (Å²) in [5, 5.41) is 7.81. The molecule has 0 aliphatic heterocycles. The van der Waals surface area contributed by atoms with Gasteiger partial charge in [0.15, 0.2) is 0 Å². The molecule has 0 bridgehead atoms. The highest BCUT2D eigenvalue weighted by Gasteiger charge is 2.11. The molecule has 3 nitrogen and oxygen atoms in total. The number of amides is 1. The van der Waals surface area contributed by atoms with E-state index < -0.39 is 0 Å². The summed E-state index contributed by atoms with van der Waals surface area (Å²) in [5.41, 5.74) is 1.79. The van der Waals surface area contributed by atoms with E-state index in [9.17, 15) is 4.79 Å². The van der Waals surface area contributed by atoms with Gasteiger partial charge in [-0.1, -0.05) is 24.3 Å². The average Bonchev–Trinajstić information content (AvgIpc) is 3.18. The highest BCUT2D eigenvalue weighted by Crippen LogP contribution is 2.18. The first kappa shape index (κ1) is 14.0. The van der Waals surface area contributed by atoms with Crippen LogP contribution in [0.1, 0.15) is 25.8 Å². The predicted molar refractivity (Wildman–Crippen MR) is 86.9 cm³/mol. The zero-order valence-corrected chi connectivity index (χ0v) is 12.9. The SMILES string of the molecule is O=C(NCc1nccs1)c1ccccc1Cc1cccs1. The molecule has 0 aliphatic rings. The number of thiophene rings is 1. The molecule has 2 aromatic heterocycles. The Balaban J connectivity index is 1.73. The lowest BCUT2D eigenvalue weighted by molar-refractivity contribution is 0.0950. The molecule has 0 fully saturated rings. The first-order chi connectivity index (χ1) is 10.3. The van der Waals surface area contributed by atoms with Crippen molar-refractivity contribution in [1.82, 2.24) is 10.3 Å². The number of hydrogen-bond donors (Lipinski definition) is 1. The maximum absolute atomic E-state index is 12.4. The van der Waals surface area contributed by atoms with E-state index in [0.29, 0.717) is 6.54 Å². The van der Waals surface area contributed by atoms with Gasteiger partial charge < -0.3 is 5.32 Å². The molecule has 3 rings (SSSR count). The van der Waals surface area contributed by atoms with E-state index in [1.807, 2.05) is 35.7 Å². The van der Waals surface area contributed by atoms with Gasteiger partial charge in [0.25, 0.3) is 5.91 Å². The Kier molecular flexibility index (Phi) is 4.43. The molecule has 5 heteroatoms. The van der Waals surface area contributed by atoms with Crippen molar-refractivity contribution in [2.75, 3.05) is 0 Å². The Hall–Kier alpha value is -1.98. The minimum atomic E-state index is -0.0441. The van der Waals surface area contributed by atoms with Crippen molar-refractivity contribution in [1.29, 1.82) is 0 Å². The fourth-order valence-electron chi connectivity index (χ4n) is 2.09. The lowest BCUT2D eigenvalue weighted by atomic mass is 10.0. The van der Waals surface area contributed by atoms with E-state index >= 15 is 0 Å². The summed E-state index contributed by atoms with van der Waals surface area (Å²) in [4.78, 5) is 17.8.